The number of carboxylic acid groups (broad SMARTS) is 1. The zero-order valence-electron chi connectivity index (χ0n) is 8.15. The summed E-state index contributed by atoms with van der Waals surface area (Å²) in [6.07, 6.45) is 0. The van der Waals surface area contributed by atoms with Gasteiger partial charge in [0.1, 0.15) is 0 Å². The number of fused-ring (bicyclic) bond motifs is 1. The van der Waals surface area contributed by atoms with E-state index in [1.807, 2.05) is 6.92 Å². The molecule has 1 heterocycles. The lowest BCUT2D eigenvalue weighted by Gasteiger charge is -1.98. The van der Waals surface area contributed by atoms with Crippen LogP contribution in [-0.4, -0.2) is 20.6 Å². The molecule has 0 fully saturated rings. The number of carboxylic acids is 1. The fraction of sp³-hybridized carbons (Fsp3) is 0.200. The number of aromatic amines is 1. The van der Waals surface area contributed by atoms with Crippen LogP contribution in [-0.2, 0) is 6.54 Å². The van der Waals surface area contributed by atoms with Gasteiger partial charge in [-0.05, 0) is 25.1 Å². The van der Waals surface area contributed by atoms with Crippen molar-refractivity contribution in [2.24, 2.45) is 0 Å². The fourth-order valence-corrected chi connectivity index (χ4v) is 1.61. The van der Waals surface area contributed by atoms with Gasteiger partial charge in [0.15, 0.2) is 0 Å². The van der Waals surface area contributed by atoms with E-state index in [9.17, 15) is 9.59 Å². The van der Waals surface area contributed by atoms with Crippen LogP contribution in [0.2, 0.25) is 0 Å². The molecular formula is C10H10N2O3. The highest BCUT2D eigenvalue weighted by molar-refractivity contribution is 5.92. The SMILES string of the molecule is CCn1c(=O)[nH]c2cc(C(=O)O)ccc21. The van der Waals surface area contributed by atoms with Crippen LogP contribution in [0.15, 0.2) is 23.0 Å². The Bertz CT molecular complexity index is 580. The van der Waals surface area contributed by atoms with Gasteiger partial charge in [-0.1, -0.05) is 0 Å². The van der Waals surface area contributed by atoms with Crippen molar-refractivity contribution in [1.29, 1.82) is 0 Å². The first-order chi connectivity index (χ1) is 7.13. The summed E-state index contributed by atoms with van der Waals surface area (Å²) < 4.78 is 1.56. The van der Waals surface area contributed by atoms with E-state index in [-0.39, 0.29) is 11.3 Å². The average molecular weight is 206 g/mol. The van der Waals surface area contributed by atoms with Crippen LogP contribution >= 0.6 is 0 Å². The number of benzene rings is 1. The highest BCUT2D eigenvalue weighted by Crippen LogP contribution is 2.12. The first-order valence-electron chi connectivity index (χ1n) is 4.59. The molecule has 0 spiro atoms. The number of nitrogens with one attached hydrogen (secondary N) is 1. The van der Waals surface area contributed by atoms with Crippen LogP contribution in [0, 0.1) is 0 Å². The molecule has 15 heavy (non-hydrogen) atoms. The minimum absolute atomic E-state index is 0.173. The summed E-state index contributed by atoms with van der Waals surface area (Å²) in [5.41, 5.74) is 1.25. The monoisotopic (exact) mass is 206 g/mol. The summed E-state index contributed by atoms with van der Waals surface area (Å²) >= 11 is 0. The summed E-state index contributed by atoms with van der Waals surface area (Å²) in [5, 5.41) is 8.78. The van der Waals surface area contributed by atoms with Crippen molar-refractivity contribution in [1.82, 2.24) is 9.55 Å². The molecule has 2 N–H and O–H groups in total. The Balaban J connectivity index is 2.75. The van der Waals surface area contributed by atoms with Crippen molar-refractivity contribution in [2.45, 2.75) is 13.5 Å². The summed E-state index contributed by atoms with van der Waals surface area (Å²) in [5.74, 6) is -0.998. The Morgan fingerprint density at radius 3 is 2.87 bits per heavy atom. The molecule has 0 amide bonds. The van der Waals surface area contributed by atoms with Gasteiger partial charge in [-0.15, -0.1) is 0 Å². The average Bonchev–Trinajstić information content (AvgIpc) is 2.51. The van der Waals surface area contributed by atoms with Gasteiger partial charge >= 0.3 is 11.7 Å². The number of hydrogen-bond acceptors (Lipinski definition) is 2. The van der Waals surface area contributed by atoms with E-state index in [1.165, 1.54) is 12.1 Å². The van der Waals surface area contributed by atoms with Gasteiger partial charge in [-0.2, -0.15) is 0 Å². The van der Waals surface area contributed by atoms with Crippen molar-refractivity contribution in [3.63, 3.8) is 0 Å². The molecule has 1 aromatic carbocycles. The molecule has 0 unspecified atom stereocenters. The number of nitrogens with zero attached hydrogens (tertiary/aromatic N) is 1. The molecule has 0 radical (unpaired) electrons. The van der Waals surface area contributed by atoms with Crippen molar-refractivity contribution >= 4 is 17.0 Å². The summed E-state index contributed by atoms with van der Waals surface area (Å²) in [4.78, 5) is 24.7. The zero-order valence-corrected chi connectivity index (χ0v) is 8.15. The van der Waals surface area contributed by atoms with E-state index in [0.717, 1.165) is 5.52 Å². The van der Waals surface area contributed by atoms with Crippen molar-refractivity contribution in [3.05, 3.63) is 34.2 Å². The lowest BCUT2D eigenvalue weighted by atomic mass is 10.2. The lowest BCUT2D eigenvalue weighted by molar-refractivity contribution is 0.0697. The summed E-state index contributed by atoms with van der Waals surface area (Å²) in [7, 11) is 0. The molecule has 1 aromatic heterocycles. The predicted octanol–water partition coefficient (Wildman–Crippen LogP) is 1.05. The molecule has 0 atom stereocenters. The van der Waals surface area contributed by atoms with E-state index in [4.69, 9.17) is 5.11 Å². The van der Waals surface area contributed by atoms with E-state index >= 15 is 0 Å². The van der Waals surface area contributed by atoms with Crippen LogP contribution in [0.25, 0.3) is 11.0 Å². The maximum Gasteiger partial charge on any atom is 0.335 e. The maximum absolute atomic E-state index is 11.4. The van der Waals surface area contributed by atoms with Crippen LogP contribution in [0.5, 0.6) is 0 Å². The van der Waals surface area contributed by atoms with Gasteiger partial charge in [0.2, 0.25) is 0 Å². The van der Waals surface area contributed by atoms with Gasteiger partial charge in [-0.25, -0.2) is 9.59 Å². The second kappa shape index (κ2) is 3.27. The maximum atomic E-state index is 11.4. The molecule has 2 aromatic rings. The van der Waals surface area contributed by atoms with E-state index < -0.39 is 5.97 Å². The van der Waals surface area contributed by atoms with Gasteiger partial charge in [-0.3, -0.25) is 4.57 Å². The predicted molar refractivity (Wildman–Crippen MR) is 55.2 cm³/mol. The quantitative estimate of drug-likeness (QED) is 0.771. The Morgan fingerprint density at radius 2 is 2.27 bits per heavy atom. The van der Waals surface area contributed by atoms with Crippen molar-refractivity contribution < 1.29 is 9.90 Å². The van der Waals surface area contributed by atoms with Crippen molar-refractivity contribution in [3.8, 4) is 0 Å². The smallest absolute Gasteiger partial charge is 0.335 e. The fourth-order valence-electron chi connectivity index (χ4n) is 1.61. The first kappa shape index (κ1) is 9.51. The van der Waals surface area contributed by atoms with E-state index in [0.29, 0.717) is 12.1 Å². The largest absolute Gasteiger partial charge is 0.478 e. The number of aromatic nitrogens is 2. The standard InChI is InChI=1S/C10H10N2O3/c1-2-12-8-4-3-6(9(13)14)5-7(8)11-10(12)15/h3-5H,2H2,1H3,(H,11,15)(H,13,14). The molecule has 78 valence electrons. The topological polar surface area (TPSA) is 75.1 Å². The summed E-state index contributed by atoms with van der Waals surface area (Å²) in [6.45, 7) is 2.42. The van der Waals surface area contributed by atoms with Crippen LogP contribution in [0.1, 0.15) is 17.3 Å². The third kappa shape index (κ3) is 1.41. The molecule has 0 aliphatic heterocycles. The molecule has 5 nitrogen and oxygen atoms in total. The van der Waals surface area contributed by atoms with E-state index in [2.05, 4.69) is 4.98 Å². The summed E-state index contributed by atoms with van der Waals surface area (Å²) in [6, 6.07) is 4.59. The Morgan fingerprint density at radius 1 is 1.53 bits per heavy atom. The van der Waals surface area contributed by atoms with Gasteiger partial charge < -0.3 is 10.1 Å². The molecule has 0 aliphatic carbocycles. The Labute approximate surface area is 85.0 Å². The van der Waals surface area contributed by atoms with Gasteiger partial charge in [0.25, 0.3) is 0 Å². The number of aromatic carboxylic acids is 1. The van der Waals surface area contributed by atoms with Gasteiger partial charge in [0, 0.05) is 6.54 Å². The molecule has 0 bridgehead atoms. The highest BCUT2D eigenvalue weighted by atomic mass is 16.4. The number of H-pyrrole nitrogens is 1. The molecule has 2 rings (SSSR count). The lowest BCUT2D eigenvalue weighted by Crippen LogP contribution is -2.14. The Hall–Kier alpha value is -2.04. The number of imidazole rings is 1. The minimum atomic E-state index is -0.998. The number of carbonyl (C=O) groups is 1. The first-order valence-corrected chi connectivity index (χ1v) is 4.59. The Kier molecular flexibility index (Phi) is 2.07. The normalized spacial score (nSPS) is 10.7. The van der Waals surface area contributed by atoms with Crippen LogP contribution < -0.4 is 5.69 Å². The van der Waals surface area contributed by atoms with E-state index in [1.54, 1.807) is 10.6 Å². The second-order valence-corrected chi connectivity index (χ2v) is 3.21. The highest BCUT2D eigenvalue weighted by Gasteiger charge is 2.08. The molecule has 5 heteroatoms. The van der Waals surface area contributed by atoms with Crippen LogP contribution in [0.4, 0.5) is 0 Å². The van der Waals surface area contributed by atoms with Gasteiger partial charge in [0.05, 0.1) is 16.6 Å². The molecular weight excluding hydrogens is 196 g/mol. The van der Waals surface area contributed by atoms with Crippen LogP contribution in [0.3, 0.4) is 0 Å². The molecule has 0 saturated carbocycles. The second-order valence-electron chi connectivity index (χ2n) is 3.21. The van der Waals surface area contributed by atoms with Crippen molar-refractivity contribution in [2.75, 3.05) is 0 Å². The third-order valence-corrected chi connectivity index (χ3v) is 2.34. The number of aryl methyl sites for hydroxylation is 1. The number of rotatable bonds is 2. The molecule has 0 saturated heterocycles. The number of hydrogen-bond donors (Lipinski definition) is 2. The zero-order chi connectivity index (χ0) is 11.0. The molecule has 0 aliphatic rings. The minimum Gasteiger partial charge on any atom is -0.478 e. The third-order valence-electron chi connectivity index (χ3n) is 2.34.